The van der Waals surface area contributed by atoms with E-state index in [4.69, 9.17) is 5.73 Å². The Hall–Kier alpha value is -2.48. The maximum Gasteiger partial charge on any atom is 0.275 e. The highest BCUT2D eigenvalue weighted by Gasteiger charge is 2.30. The predicted molar refractivity (Wildman–Crippen MR) is 92.4 cm³/mol. The number of amides is 1. The van der Waals surface area contributed by atoms with Gasteiger partial charge in [-0.3, -0.25) is 14.8 Å². The molecule has 8 heteroatoms. The maximum atomic E-state index is 14.0. The number of carbonyl (C=O) groups excluding carboxylic acids is 1. The van der Waals surface area contributed by atoms with Gasteiger partial charge in [0.25, 0.3) is 5.91 Å². The summed E-state index contributed by atoms with van der Waals surface area (Å²) in [6, 6.07) is 4.39. The van der Waals surface area contributed by atoms with E-state index in [9.17, 15) is 9.18 Å². The summed E-state index contributed by atoms with van der Waals surface area (Å²) in [5.41, 5.74) is 6.37. The molecule has 0 bridgehead atoms. The zero-order chi connectivity index (χ0) is 17.2. The lowest BCUT2D eigenvalue weighted by Gasteiger charge is -2.30. The number of nitrogens with zero attached hydrogens (tertiary/aromatic N) is 3. The lowest BCUT2D eigenvalue weighted by molar-refractivity contribution is 0.102. The van der Waals surface area contributed by atoms with Crippen molar-refractivity contribution in [2.45, 2.75) is 18.9 Å². The molecule has 0 spiro atoms. The van der Waals surface area contributed by atoms with Gasteiger partial charge in [0.1, 0.15) is 11.5 Å². The van der Waals surface area contributed by atoms with E-state index in [1.807, 2.05) is 6.92 Å². The van der Waals surface area contributed by atoms with Crippen LogP contribution in [0.2, 0.25) is 0 Å². The first kappa shape index (κ1) is 16.4. The third-order valence-electron chi connectivity index (χ3n) is 3.77. The molecule has 0 fully saturated rings. The van der Waals surface area contributed by atoms with Crippen LogP contribution in [0.3, 0.4) is 0 Å². The average Bonchev–Trinajstić information content (AvgIpc) is 2.55. The summed E-state index contributed by atoms with van der Waals surface area (Å²) in [7, 11) is 0. The molecule has 1 aliphatic rings. The van der Waals surface area contributed by atoms with Gasteiger partial charge >= 0.3 is 0 Å². The van der Waals surface area contributed by atoms with Crippen LogP contribution < -0.4 is 11.1 Å². The van der Waals surface area contributed by atoms with E-state index in [2.05, 4.69) is 20.3 Å². The molecule has 1 aliphatic heterocycles. The lowest BCUT2D eigenvalue weighted by atomic mass is 9.89. The van der Waals surface area contributed by atoms with Crippen molar-refractivity contribution in [2.75, 3.05) is 11.1 Å². The molecule has 1 amide bonds. The number of aliphatic imine (C=N–C) groups is 1. The Morgan fingerprint density at radius 2 is 2.21 bits per heavy atom. The Morgan fingerprint density at radius 3 is 2.92 bits per heavy atom. The number of carbonyl (C=O) groups is 1. The van der Waals surface area contributed by atoms with Crippen LogP contribution >= 0.6 is 11.8 Å². The number of hydrogen-bond acceptors (Lipinski definition) is 6. The largest absolute Gasteiger partial charge is 0.379 e. The van der Waals surface area contributed by atoms with Crippen LogP contribution in [0.5, 0.6) is 0 Å². The zero-order valence-corrected chi connectivity index (χ0v) is 13.8. The summed E-state index contributed by atoms with van der Waals surface area (Å²) < 4.78 is 14.0. The van der Waals surface area contributed by atoms with Crippen molar-refractivity contribution in [3.63, 3.8) is 0 Å². The number of nitrogens with two attached hydrogens (primary N) is 1. The second-order valence-electron chi connectivity index (χ2n) is 5.60. The third kappa shape index (κ3) is 3.53. The SMILES string of the molecule is CC1(c2cc(F)cc(NC(=O)c3cnccn3)c2)CCSC(N)=N1. The number of benzene rings is 1. The van der Waals surface area contributed by atoms with Crippen LogP contribution in [0.15, 0.2) is 41.8 Å². The molecule has 6 nitrogen and oxygen atoms in total. The van der Waals surface area contributed by atoms with Crippen molar-refractivity contribution < 1.29 is 9.18 Å². The van der Waals surface area contributed by atoms with E-state index >= 15 is 0 Å². The highest BCUT2D eigenvalue weighted by atomic mass is 32.2. The Kier molecular flexibility index (Phi) is 4.48. The quantitative estimate of drug-likeness (QED) is 0.892. The van der Waals surface area contributed by atoms with Crippen LogP contribution in [0.1, 0.15) is 29.4 Å². The molecule has 1 atom stereocenters. The minimum atomic E-state index is -0.608. The van der Waals surface area contributed by atoms with Gasteiger partial charge in [0.2, 0.25) is 0 Å². The van der Waals surface area contributed by atoms with Gasteiger partial charge in [-0.05, 0) is 37.1 Å². The molecule has 0 saturated heterocycles. The predicted octanol–water partition coefficient (Wildman–Crippen LogP) is 2.53. The van der Waals surface area contributed by atoms with Gasteiger partial charge in [0.05, 0.1) is 11.7 Å². The molecule has 124 valence electrons. The normalized spacial score (nSPS) is 20.3. The van der Waals surface area contributed by atoms with Gasteiger partial charge < -0.3 is 11.1 Å². The van der Waals surface area contributed by atoms with Crippen LogP contribution in [0.25, 0.3) is 0 Å². The summed E-state index contributed by atoms with van der Waals surface area (Å²) in [4.78, 5) is 24.4. The molecule has 2 aromatic rings. The second-order valence-corrected chi connectivity index (χ2v) is 6.71. The van der Waals surface area contributed by atoms with E-state index < -0.39 is 17.3 Å². The van der Waals surface area contributed by atoms with E-state index in [0.29, 0.717) is 16.4 Å². The number of hydrogen-bond donors (Lipinski definition) is 2. The van der Waals surface area contributed by atoms with E-state index in [1.165, 1.54) is 42.5 Å². The van der Waals surface area contributed by atoms with Crippen molar-refractivity contribution in [3.05, 3.63) is 53.9 Å². The Bertz CT molecular complexity index is 798. The van der Waals surface area contributed by atoms with Crippen molar-refractivity contribution in [2.24, 2.45) is 10.7 Å². The van der Waals surface area contributed by atoms with E-state index in [0.717, 1.165) is 12.2 Å². The zero-order valence-electron chi connectivity index (χ0n) is 13.0. The van der Waals surface area contributed by atoms with Crippen molar-refractivity contribution in [1.29, 1.82) is 0 Å². The molecule has 2 heterocycles. The molecule has 24 heavy (non-hydrogen) atoms. The van der Waals surface area contributed by atoms with Gasteiger partial charge in [-0.2, -0.15) is 0 Å². The first-order valence-electron chi connectivity index (χ1n) is 7.33. The highest BCUT2D eigenvalue weighted by Crippen LogP contribution is 2.36. The molecule has 1 unspecified atom stereocenters. The number of thioether (sulfide) groups is 1. The molecule has 0 aliphatic carbocycles. The monoisotopic (exact) mass is 345 g/mol. The van der Waals surface area contributed by atoms with Crippen LogP contribution in [-0.4, -0.2) is 26.8 Å². The molecule has 0 saturated carbocycles. The van der Waals surface area contributed by atoms with Gasteiger partial charge in [0.15, 0.2) is 5.17 Å². The fraction of sp³-hybridized carbons (Fsp3) is 0.250. The standard InChI is InChI=1S/C16H16FN5OS/c1-16(2-5-24-15(18)22-16)10-6-11(17)8-12(7-10)21-14(23)13-9-19-3-4-20-13/h3-4,6-9H,2,5H2,1H3,(H2,18,22)(H,21,23). The highest BCUT2D eigenvalue weighted by molar-refractivity contribution is 8.13. The third-order valence-corrected chi connectivity index (χ3v) is 4.56. The molecule has 0 radical (unpaired) electrons. The number of anilines is 1. The topological polar surface area (TPSA) is 93.3 Å². The van der Waals surface area contributed by atoms with Gasteiger partial charge in [-0.25, -0.2) is 9.37 Å². The number of aromatic nitrogens is 2. The summed E-state index contributed by atoms with van der Waals surface area (Å²) in [5, 5.41) is 3.13. The first-order chi connectivity index (χ1) is 11.5. The smallest absolute Gasteiger partial charge is 0.275 e. The number of nitrogens with one attached hydrogen (secondary N) is 1. The molecular weight excluding hydrogens is 329 g/mol. The van der Waals surface area contributed by atoms with Crippen molar-refractivity contribution in [3.8, 4) is 0 Å². The Morgan fingerprint density at radius 1 is 1.38 bits per heavy atom. The number of rotatable bonds is 3. The molecule has 3 rings (SSSR count). The van der Waals surface area contributed by atoms with Gasteiger partial charge in [-0.15, -0.1) is 0 Å². The van der Waals surface area contributed by atoms with Crippen LogP contribution in [-0.2, 0) is 5.54 Å². The van der Waals surface area contributed by atoms with Gasteiger partial charge in [0, 0.05) is 23.8 Å². The number of halogens is 1. The summed E-state index contributed by atoms with van der Waals surface area (Å²) >= 11 is 1.48. The second kappa shape index (κ2) is 6.56. The fourth-order valence-corrected chi connectivity index (χ4v) is 3.45. The Balaban J connectivity index is 1.90. The van der Waals surface area contributed by atoms with Crippen molar-refractivity contribution in [1.82, 2.24) is 9.97 Å². The van der Waals surface area contributed by atoms with Crippen LogP contribution in [0, 0.1) is 5.82 Å². The van der Waals surface area contributed by atoms with Gasteiger partial charge in [-0.1, -0.05) is 11.8 Å². The first-order valence-corrected chi connectivity index (χ1v) is 8.31. The Labute approximate surface area is 142 Å². The maximum absolute atomic E-state index is 14.0. The number of amidine groups is 1. The summed E-state index contributed by atoms with van der Waals surface area (Å²) in [6.07, 6.45) is 4.98. The van der Waals surface area contributed by atoms with Crippen LogP contribution in [0.4, 0.5) is 10.1 Å². The lowest BCUT2D eigenvalue weighted by Crippen LogP contribution is -2.29. The average molecular weight is 345 g/mol. The van der Waals surface area contributed by atoms with Crippen molar-refractivity contribution >= 4 is 28.5 Å². The minimum Gasteiger partial charge on any atom is -0.379 e. The minimum absolute atomic E-state index is 0.158. The molecule has 1 aromatic heterocycles. The summed E-state index contributed by atoms with van der Waals surface area (Å²) in [6.45, 7) is 1.91. The van der Waals surface area contributed by atoms with E-state index in [-0.39, 0.29) is 5.69 Å². The molecule has 3 N–H and O–H groups in total. The van der Waals surface area contributed by atoms with E-state index in [1.54, 1.807) is 6.07 Å². The fourth-order valence-electron chi connectivity index (χ4n) is 2.48. The summed E-state index contributed by atoms with van der Waals surface area (Å²) in [5.74, 6) is -0.0916. The molecular formula is C16H16FN5OS. The molecule has 1 aromatic carbocycles.